The topological polar surface area (TPSA) is 72.8 Å². The quantitative estimate of drug-likeness (QED) is 0.650. The van der Waals surface area contributed by atoms with E-state index < -0.39 is 19.0 Å². The van der Waals surface area contributed by atoms with Gasteiger partial charge in [0.1, 0.15) is 5.82 Å². The van der Waals surface area contributed by atoms with Gasteiger partial charge in [0, 0.05) is 19.1 Å². The Balaban J connectivity index is 2.92. The molecular formula is C10H14BFN2O3. The van der Waals surface area contributed by atoms with Crippen LogP contribution in [0.3, 0.4) is 0 Å². The van der Waals surface area contributed by atoms with Crippen molar-refractivity contribution < 1.29 is 19.2 Å². The number of nitrogens with one attached hydrogen (secondary N) is 1. The van der Waals surface area contributed by atoms with E-state index in [-0.39, 0.29) is 11.2 Å². The molecule has 7 heteroatoms. The highest BCUT2D eigenvalue weighted by molar-refractivity contribution is 6.58. The number of anilines is 1. The maximum absolute atomic E-state index is 13.7. The summed E-state index contributed by atoms with van der Waals surface area (Å²) in [7, 11) is -0.339. The maximum atomic E-state index is 13.7. The van der Waals surface area contributed by atoms with Crippen molar-refractivity contribution in [3.05, 3.63) is 24.0 Å². The fourth-order valence-electron chi connectivity index (χ4n) is 1.20. The minimum atomic E-state index is -1.91. The van der Waals surface area contributed by atoms with Gasteiger partial charge in [-0.2, -0.15) is 0 Å². The molecule has 0 radical (unpaired) electrons. The number of nitrogens with zero attached hydrogens (tertiary/aromatic N) is 1. The van der Waals surface area contributed by atoms with E-state index in [4.69, 9.17) is 10.0 Å². The van der Waals surface area contributed by atoms with Gasteiger partial charge in [0.05, 0.1) is 5.69 Å². The Kier molecular flexibility index (Phi) is 4.48. The average Bonchev–Trinajstić information content (AvgIpc) is 2.30. The molecule has 0 unspecified atom stereocenters. The second-order valence-electron chi connectivity index (χ2n) is 3.53. The monoisotopic (exact) mass is 240 g/mol. The van der Waals surface area contributed by atoms with Crippen molar-refractivity contribution in [1.29, 1.82) is 0 Å². The van der Waals surface area contributed by atoms with Crippen LogP contribution in [0.1, 0.15) is 6.92 Å². The van der Waals surface area contributed by atoms with Crippen molar-refractivity contribution >= 4 is 24.3 Å². The van der Waals surface area contributed by atoms with Gasteiger partial charge in [-0.25, -0.2) is 9.18 Å². The number of carbonyl (C=O) groups is 1. The van der Waals surface area contributed by atoms with Crippen molar-refractivity contribution in [3.63, 3.8) is 0 Å². The molecule has 17 heavy (non-hydrogen) atoms. The smallest absolute Gasteiger partial charge is 0.423 e. The molecule has 1 aromatic rings. The third-order valence-electron chi connectivity index (χ3n) is 2.37. The average molecular weight is 240 g/mol. The van der Waals surface area contributed by atoms with Crippen LogP contribution in [0.5, 0.6) is 0 Å². The second-order valence-corrected chi connectivity index (χ2v) is 3.53. The lowest BCUT2D eigenvalue weighted by molar-refractivity contribution is 0.224. The zero-order chi connectivity index (χ0) is 13.0. The summed E-state index contributed by atoms with van der Waals surface area (Å²) in [5.41, 5.74) is -0.358. The van der Waals surface area contributed by atoms with Crippen LogP contribution in [0.4, 0.5) is 14.9 Å². The van der Waals surface area contributed by atoms with Crippen molar-refractivity contribution in [1.82, 2.24) is 4.90 Å². The van der Waals surface area contributed by atoms with E-state index in [0.717, 1.165) is 0 Å². The number of halogens is 1. The second kappa shape index (κ2) is 5.65. The van der Waals surface area contributed by atoms with Crippen molar-refractivity contribution in [3.8, 4) is 0 Å². The van der Waals surface area contributed by atoms with Gasteiger partial charge in [-0.3, -0.25) is 0 Å². The lowest BCUT2D eigenvalue weighted by atomic mass is 9.79. The molecule has 1 aromatic carbocycles. The summed E-state index contributed by atoms with van der Waals surface area (Å²) < 4.78 is 13.7. The van der Waals surface area contributed by atoms with E-state index in [0.29, 0.717) is 6.54 Å². The Morgan fingerprint density at radius 1 is 1.53 bits per heavy atom. The summed E-state index contributed by atoms with van der Waals surface area (Å²) in [6, 6.07) is 3.55. The highest BCUT2D eigenvalue weighted by Crippen LogP contribution is 2.11. The van der Waals surface area contributed by atoms with E-state index in [1.165, 1.54) is 23.1 Å². The molecule has 0 atom stereocenters. The molecule has 0 spiro atoms. The minimum absolute atomic E-state index is 0.0825. The molecule has 0 saturated carbocycles. The molecule has 5 nitrogen and oxygen atoms in total. The van der Waals surface area contributed by atoms with Gasteiger partial charge in [0.15, 0.2) is 0 Å². The summed E-state index contributed by atoms with van der Waals surface area (Å²) in [6.07, 6.45) is 0. The van der Waals surface area contributed by atoms with Crippen molar-refractivity contribution in [2.45, 2.75) is 6.92 Å². The van der Waals surface area contributed by atoms with Crippen LogP contribution in [-0.2, 0) is 0 Å². The first-order valence-electron chi connectivity index (χ1n) is 5.14. The first-order valence-corrected chi connectivity index (χ1v) is 5.14. The van der Waals surface area contributed by atoms with Crippen LogP contribution >= 0.6 is 0 Å². The molecule has 0 bridgehead atoms. The summed E-state index contributed by atoms with van der Waals surface area (Å²) in [5.74, 6) is -0.847. The molecule has 0 heterocycles. The van der Waals surface area contributed by atoms with Crippen LogP contribution in [0.15, 0.2) is 18.2 Å². The number of amides is 2. The summed E-state index contributed by atoms with van der Waals surface area (Å²) in [4.78, 5) is 12.9. The van der Waals surface area contributed by atoms with E-state index in [9.17, 15) is 9.18 Å². The Labute approximate surface area is 99.0 Å². The van der Waals surface area contributed by atoms with Gasteiger partial charge in [-0.1, -0.05) is 12.1 Å². The fraction of sp³-hybridized carbons (Fsp3) is 0.300. The molecule has 0 aliphatic rings. The number of benzene rings is 1. The zero-order valence-electron chi connectivity index (χ0n) is 9.64. The lowest BCUT2D eigenvalue weighted by Crippen LogP contribution is -2.35. The molecule has 3 N–H and O–H groups in total. The Morgan fingerprint density at radius 2 is 2.18 bits per heavy atom. The molecule has 0 fully saturated rings. The van der Waals surface area contributed by atoms with Crippen LogP contribution in [-0.4, -0.2) is 41.7 Å². The third-order valence-corrected chi connectivity index (χ3v) is 2.37. The highest BCUT2D eigenvalue weighted by atomic mass is 19.1. The molecule has 1 rings (SSSR count). The highest BCUT2D eigenvalue weighted by Gasteiger charge is 2.20. The molecule has 0 aliphatic carbocycles. The molecule has 0 aromatic heterocycles. The molecule has 0 aliphatic heterocycles. The standard InChI is InChI=1S/C10H14BFN2O3/c1-3-14(2)10(15)13-8-6-4-5-7(9(8)12)11(16)17/h4-6,16-17H,3H2,1-2H3,(H,13,15). The number of hydrogen-bond acceptors (Lipinski definition) is 3. The van der Waals surface area contributed by atoms with Crippen LogP contribution < -0.4 is 10.8 Å². The van der Waals surface area contributed by atoms with Gasteiger partial charge in [-0.05, 0) is 13.0 Å². The lowest BCUT2D eigenvalue weighted by Gasteiger charge is -2.16. The van der Waals surface area contributed by atoms with Gasteiger partial charge in [0.25, 0.3) is 0 Å². The Morgan fingerprint density at radius 3 is 2.71 bits per heavy atom. The summed E-state index contributed by atoms with van der Waals surface area (Å²) in [5, 5.41) is 20.2. The van der Waals surface area contributed by atoms with Gasteiger partial charge in [-0.15, -0.1) is 0 Å². The summed E-state index contributed by atoms with van der Waals surface area (Å²) >= 11 is 0. The normalized spacial score (nSPS) is 9.94. The molecule has 92 valence electrons. The van der Waals surface area contributed by atoms with Crippen molar-refractivity contribution in [2.24, 2.45) is 0 Å². The first kappa shape index (κ1) is 13.5. The van der Waals surface area contributed by atoms with Crippen LogP contribution in [0.2, 0.25) is 0 Å². The first-order chi connectivity index (χ1) is 7.97. The Hall–Kier alpha value is -1.60. The van der Waals surface area contributed by atoms with Crippen LogP contribution in [0.25, 0.3) is 0 Å². The number of hydrogen-bond donors (Lipinski definition) is 3. The van der Waals surface area contributed by atoms with Gasteiger partial charge < -0.3 is 20.3 Å². The number of carbonyl (C=O) groups excluding carboxylic acids is 1. The predicted molar refractivity (Wildman–Crippen MR) is 63.5 cm³/mol. The predicted octanol–water partition coefficient (Wildman–Crippen LogP) is -0.0109. The van der Waals surface area contributed by atoms with Crippen molar-refractivity contribution in [2.75, 3.05) is 18.9 Å². The van der Waals surface area contributed by atoms with E-state index in [1.807, 2.05) is 0 Å². The summed E-state index contributed by atoms with van der Waals surface area (Å²) in [6.45, 7) is 2.26. The minimum Gasteiger partial charge on any atom is -0.423 e. The molecular weight excluding hydrogens is 226 g/mol. The fourth-order valence-corrected chi connectivity index (χ4v) is 1.20. The SMILES string of the molecule is CCN(C)C(=O)Nc1cccc(B(O)O)c1F. The Bertz CT molecular complexity index is 415. The largest absolute Gasteiger partial charge is 0.491 e. The van der Waals surface area contributed by atoms with E-state index in [2.05, 4.69) is 5.32 Å². The number of urea groups is 1. The van der Waals surface area contributed by atoms with E-state index in [1.54, 1.807) is 14.0 Å². The zero-order valence-corrected chi connectivity index (χ0v) is 9.64. The number of rotatable bonds is 3. The van der Waals surface area contributed by atoms with E-state index >= 15 is 0 Å². The van der Waals surface area contributed by atoms with Crippen LogP contribution in [0, 0.1) is 5.82 Å². The maximum Gasteiger partial charge on any atom is 0.491 e. The molecule has 0 saturated heterocycles. The van der Waals surface area contributed by atoms with Gasteiger partial charge in [0.2, 0.25) is 0 Å². The van der Waals surface area contributed by atoms with Gasteiger partial charge >= 0.3 is 13.1 Å². The third kappa shape index (κ3) is 3.18. The molecule has 2 amide bonds.